The Morgan fingerprint density at radius 2 is 1.93 bits per heavy atom. The summed E-state index contributed by atoms with van der Waals surface area (Å²) in [5.41, 5.74) is 2.17. The van der Waals surface area contributed by atoms with Crippen molar-refractivity contribution >= 4 is 29.1 Å². The van der Waals surface area contributed by atoms with Gasteiger partial charge in [-0.15, -0.1) is 0 Å². The van der Waals surface area contributed by atoms with Crippen LogP contribution in [0.1, 0.15) is 24.2 Å². The molecule has 0 fully saturated rings. The number of hydrogen-bond donors (Lipinski definition) is 1. The van der Waals surface area contributed by atoms with E-state index in [1.165, 1.54) is 18.7 Å². The molecular weight excluding hydrogens is 374 g/mol. The molecule has 6 nitrogen and oxygen atoms in total. The Kier molecular flexibility index (Phi) is 6.16. The monoisotopic (exact) mass is 395 g/mol. The van der Waals surface area contributed by atoms with E-state index < -0.39 is 0 Å². The number of ketones is 1. The molecule has 0 radical (unpaired) electrons. The average molecular weight is 395 g/mol. The quantitative estimate of drug-likeness (QED) is 0.479. The van der Waals surface area contributed by atoms with E-state index in [1.54, 1.807) is 37.6 Å². The van der Waals surface area contributed by atoms with Crippen LogP contribution in [0.2, 0.25) is 0 Å². The van der Waals surface area contributed by atoms with E-state index in [2.05, 4.69) is 10.3 Å². The summed E-state index contributed by atoms with van der Waals surface area (Å²) in [4.78, 5) is 28.3. The first-order valence-electron chi connectivity index (χ1n) is 8.74. The van der Waals surface area contributed by atoms with Crippen molar-refractivity contribution < 1.29 is 14.3 Å². The third-order valence-corrected chi connectivity index (χ3v) is 5.23. The fraction of sp³-hybridized carbons (Fsp3) is 0.190. The molecule has 3 aromatic rings. The van der Waals surface area contributed by atoms with Crippen LogP contribution in [0.4, 0.5) is 5.69 Å². The van der Waals surface area contributed by atoms with Crippen LogP contribution < -0.4 is 10.1 Å². The zero-order valence-corrected chi connectivity index (χ0v) is 16.7. The second-order valence-electron chi connectivity index (χ2n) is 6.16. The van der Waals surface area contributed by atoms with Crippen LogP contribution in [0.15, 0.2) is 66.1 Å². The number of ether oxygens (including phenoxy) is 1. The number of Topliss-reactive ketones (excluding diaryl/α,β-unsaturated/α-hetero) is 1. The Labute approximate surface area is 167 Å². The second-order valence-corrected chi connectivity index (χ2v) is 7.47. The molecule has 0 aliphatic rings. The molecule has 0 saturated heterocycles. The SMILES string of the molecule is COc1cccc(-n2ccnc2SC(C)C(=O)Nc2ccc(C(C)=O)cc2)c1. The Morgan fingerprint density at radius 1 is 1.18 bits per heavy atom. The van der Waals surface area contributed by atoms with Crippen LogP contribution in [0.25, 0.3) is 5.69 Å². The molecular formula is C21H21N3O3S. The Hall–Kier alpha value is -3.06. The topological polar surface area (TPSA) is 73.2 Å². The van der Waals surface area contributed by atoms with Gasteiger partial charge in [0.25, 0.3) is 0 Å². The van der Waals surface area contributed by atoms with Gasteiger partial charge in [0.1, 0.15) is 5.75 Å². The molecule has 0 spiro atoms. The minimum Gasteiger partial charge on any atom is -0.497 e. The van der Waals surface area contributed by atoms with Crippen molar-refractivity contribution in [1.82, 2.24) is 9.55 Å². The summed E-state index contributed by atoms with van der Waals surface area (Å²) in [6, 6.07) is 14.5. The van der Waals surface area contributed by atoms with Gasteiger partial charge in [-0.2, -0.15) is 0 Å². The number of amides is 1. The number of thioether (sulfide) groups is 1. The highest BCUT2D eigenvalue weighted by molar-refractivity contribution is 8.00. The molecule has 1 unspecified atom stereocenters. The number of carbonyl (C=O) groups excluding carboxylic acids is 2. The van der Waals surface area contributed by atoms with Crippen LogP contribution >= 0.6 is 11.8 Å². The Morgan fingerprint density at radius 3 is 2.61 bits per heavy atom. The summed E-state index contributed by atoms with van der Waals surface area (Å²) in [6.45, 7) is 3.34. The fourth-order valence-corrected chi connectivity index (χ4v) is 3.46. The standard InChI is InChI=1S/C21H21N3O3S/c1-14(25)16-7-9-17(10-8-16)23-20(26)15(2)28-21-22-11-12-24(21)18-5-4-6-19(13-18)27-3/h4-13,15H,1-3H3,(H,23,26). The van der Waals surface area contributed by atoms with Gasteiger partial charge in [-0.1, -0.05) is 17.8 Å². The molecule has 28 heavy (non-hydrogen) atoms. The van der Waals surface area contributed by atoms with Crippen LogP contribution in [-0.4, -0.2) is 33.6 Å². The highest BCUT2D eigenvalue weighted by Crippen LogP contribution is 2.27. The molecule has 1 aromatic heterocycles. The number of benzene rings is 2. The molecule has 144 valence electrons. The number of nitrogens with zero attached hydrogens (tertiary/aromatic N) is 2. The first kappa shape index (κ1) is 19.7. The summed E-state index contributed by atoms with van der Waals surface area (Å²) in [5.74, 6) is 0.605. The molecule has 1 amide bonds. The van der Waals surface area contributed by atoms with Gasteiger partial charge >= 0.3 is 0 Å². The summed E-state index contributed by atoms with van der Waals surface area (Å²) in [7, 11) is 1.62. The first-order chi connectivity index (χ1) is 13.5. The van der Waals surface area contributed by atoms with Crippen molar-refractivity contribution in [2.24, 2.45) is 0 Å². The third-order valence-electron chi connectivity index (χ3n) is 4.15. The van der Waals surface area contributed by atoms with Crippen molar-refractivity contribution in [3.63, 3.8) is 0 Å². The number of hydrogen-bond acceptors (Lipinski definition) is 5. The Bertz CT molecular complexity index is 983. The molecule has 3 rings (SSSR count). The maximum absolute atomic E-state index is 12.5. The normalized spacial score (nSPS) is 11.7. The summed E-state index contributed by atoms with van der Waals surface area (Å²) < 4.78 is 7.19. The number of methoxy groups -OCH3 is 1. The number of carbonyl (C=O) groups is 2. The van der Waals surface area contributed by atoms with Gasteiger partial charge < -0.3 is 10.1 Å². The zero-order valence-electron chi connectivity index (χ0n) is 15.9. The number of anilines is 1. The number of aromatic nitrogens is 2. The molecule has 1 N–H and O–H groups in total. The lowest BCUT2D eigenvalue weighted by Gasteiger charge is -2.14. The maximum atomic E-state index is 12.5. The molecule has 7 heteroatoms. The first-order valence-corrected chi connectivity index (χ1v) is 9.62. The second kappa shape index (κ2) is 8.75. The lowest BCUT2D eigenvalue weighted by Crippen LogP contribution is -2.22. The van der Waals surface area contributed by atoms with Gasteiger partial charge in [0.15, 0.2) is 10.9 Å². The van der Waals surface area contributed by atoms with Crippen molar-refractivity contribution in [3.05, 3.63) is 66.5 Å². The molecule has 0 bridgehead atoms. The van der Waals surface area contributed by atoms with Crippen LogP contribution in [0.5, 0.6) is 5.75 Å². The van der Waals surface area contributed by atoms with Gasteiger partial charge in [-0.3, -0.25) is 14.2 Å². The van der Waals surface area contributed by atoms with E-state index in [4.69, 9.17) is 4.74 Å². The average Bonchev–Trinajstić information content (AvgIpc) is 3.16. The van der Waals surface area contributed by atoms with Gasteiger partial charge in [0, 0.05) is 29.7 Å². The highest BCUT2D eigenvalue weighted by atomic mass is 32.2. The predicted octanol–water partition coefficient (Wildman–Crippen LogP) is 4.20. The lowest BCUT2D eigenvalue weighted by molar-refractivity contribution is -0.115. The molecule has 1 heterocycles. The minimum absolute atomic E-state index is 0.00817. The van der Waals surface area contributed by atoms with E-state index >= 15 is 0 Å². The zero-order chi connectivity index (χ0) is 20.1. The predicted molar refractivity (Wildman–Crippen MR) is 111 cm³/mol. The summed E-state index contributed by atoms with van der Waals surface area (Å²) in [6.07, 6.45) is 3.55. The van der Waals surface area contributed by atoms with E-state index in [0.717, 1.165) is 11.4 Å². The van der Waals surface area contributed by atoms with Crippen molar-refractivity contribution in [2.45, 2.75) is 24.3 Å². The van der Waals surface area contributed by atoms with Crippen molar-refractivity contribution in [1.29, 1.82) is 0 Å². The number of nitrogens with one attached hydrogen (secondary N) is 1. The Balaban J connectivity index is 1.69. The smallest absolute Gasteiger partial charge is 0.237 e. The highest BCUT2D eigenvalue weighted by Gasteiger charge is 2.18. The third kappa shape index (κ3) is 4.61. The number of rotatable bonds is 7. The molecule has 0 aliphatic carbocycles. The largest absolute Gasteiger partial charge is 0.497 e. The van der Waals surface area contributed by atoms with Gasteiger partial charge in [0.05, 0.1) is 18.0 Å². The van der Waals surface area contributed by atoms with Crippen LogP contribution in [0.3, 0.4) is 0 Å². The van der Waals surface area contributed by atoms with E-state index in [0.29, 0.717) is 16.4 Å². The van der Waals surface area contributed by atoms with Crippen molar-refractivity contribution in [2.75, 3.05) is 12.4 Å². The maximum Gasteiger partial charge on any atom is 0.237 e. The minimum atomic E-state index is -0.362. The van der Waals surface area contributed by atoms with Crippen LogP contribution in [0, 0.1) is 0 Å². The van der Waals surface area contributed by atoms with E-state index in [1.807, 2.05) is 42.0 Å². The molecule has 0 aliphatic heterocycles. The fourth-order valence-electron chi connectivity index (χ4n) is 2.58. The van der Waals surface area contributed by atoms with Crippen LogP contribution in [-0.2, 0) is 4.79 Å². The van der Waals surface area contributed by atoms with Crippen molar-refractivity contribution in [3.8, 4) is 11.4 Å². The van der Waals surface area contributed by atoms with Gasteiger partial charge in [0.2, 0.25) is 5.91 Å². The van der Waals surface area contributed by atoms with Gasteiger partial charge in [-0.25, -0.2) is 4.98 Å². The molecule has 1 atom stereocenters. The summed E-state index contributed by atoms with van der Waals surface area (Å²) in [5, 5.41) is 3.22. The number of imidazole rings is 1. The lowest BCUT2D eigenvalue weighted by atomic mass is 10.1. The van der Waals surface area contributed by atoms with E-state index in [-0.39, 0.29) is 16.9 Å². The van der Waals surface area contributed by atoms with Gasteiger partial charge in [-0.05, 0) is 50.2 Å². The molecule has 2 aromatic carbocycles. The van der Waals surface area contributed by atoms with E-state index in [9.17, 15) is 9.59 Å². The molecule has 0 saturated carbocycles. The summed E-state index contributed by atoms with van der Waals surface area (Å²) >= 11 is 1.37.